The molecule has 1 rings (SSSR count). The van der Waals surface area contributed by atoms with Gasteiger partial charge < -0.3 is 0 Å². The molecule has 0 saturated heterocycles. The molecule has 0 radical (unpaired) electrons. The molecule has 0 aromatic rings. The number of hydrogen-bond acceptors (Lipinski definition) is 0. The van der Waals surface area contributed by atoms with E-state index in [9.17, 15) is 0 Å². The number of rotatable bonds is 3. The highest BCUT2D eigenvalue weighted by Crippen LogP contribution is 2.40. The minimum atomic E-state index is 0.931. The summed E-state index contributed by atoms with van der Waals surface area (Å²) in [5.74, 6) is 4.81. The average Bonchev–Trinajstić information content (AvgIpc) is 2.13. The molecule has 0 aromatic carbocycles. The monoisotopic (exact) mass is 196 g/mol. The molecule has 1 aliphatic rings. The number of hydrogen-bond donors (Lipinski definition) is 0. The van der Waals surface area contributed by atoms with Crippen LogP contribution in [-0.2, 0) is 0 Å². The van der Waals surface area contributed by atoms with Gasteiger partial charge in [0.25, 0.3) is 0 Å². The van der Waals surface area contributed by atoms with Gasteiger partial charge in [-0.2, -0.15) is 0 Å². The zero-order valence-electron chi connectivity index (χ0n) is 10.7. The van der Waals surface area contributed by atoms with Gasteiger partial charge in [-0.1, -0.05) is 41.0 Å². The van der Waals surface area contributed by atoms with E-state index in [1.165, 1.54) is 25.7 Å². The smallest absolute Gasteiger partial charge is 0.0381 e. The summed E-state index contributed by atoms with van der Waals surface area (Å²) in [5.41, 5.74) is 0. The van der Waals surface area contributed by atoms with Crippen molar-refractivity contribution in [3.63, 3.8) is 0 Å². The Kier molecular flexibility index (Phi) is 4.47. The first-order valence-electron chi connectivity index (χ1n) is 6.54. The fourth-order valence-corrected chi connectivity index (χ4v) is 3.14. The molecule has 5 atom stereocenters. The largest absolute Gasteiger partial charge is 0.0651 e. The maximum absolute atomic E-state index is 2.48. The fraction of sp³-hybridized carbons (Fsp3) is 1.00. The van der Waals surface area contributed by atoms with Crippen molar-refractivity contribution in [3.05, 3.63) is 0 Å². The van der Waals surface area contributed by atoms with Crippen LogP contribution in [0, 0.1) is 29.6 Å². The van der Waals surface area contributed by atoms with Gasteiger partial charge in [-0.25, -0.2) is 0 Å². The standard InChI is InChI=1S/C14H28/c1-6-10(2)8-14-9-11(3)7-12(4)13(14)5/h10-14H,6-9H2,1-5H3. The van der Waals surface area contributed by atoms with Crippen LogP contribution in [0.2, 0.25) is 0 Å². The van der Waals surface area contributed by atoms with Crippen LogP contribution >= 0.6 is 0 Å². The molecule has 84 valence electrons. The van der Waals surface area contributed by atoms with Crippen LogP contribution in [0.15, 0.2) is 0 Å². The molecule has 0 amide bonds. The van der Waals surface area contributed by atoms with E-state index in [2.05, 4.69) is 34.6 Å². The van der Waals surface area contributed by atoms with Crippen LogP contribution in [0.5, 0.6) is 0 Å². The van der Waals surface area contributed by atoms with E-state index in [4.69, 9.17) is 0 Å². The van der Waals surface area contributed by atoms with Crippen molar-refractivity contribution in [2.75, 3.05) is 0 Å². The quantitative estimate of drug-likeness (QED) is 0.611. The molecule has 0 aliphatic heterocycles. The van der Waals surface area contributed by atoms with Crippen LogP contribution in [0.25, 0.3) is 0 Å². The molecule has 5 unspecified atom stereocenters. The normalized spacial score (nSPS) is 40.9. The van der Waals surface area contributed by atoms with Crippen molar-refractivity contribution >= 4 is 0 Å². The second-order valence-electron chi connectivity index (χ2n) is 5.92. The lowest BCUT2D eigenvalue weighted by molar-refractivity contribution is 0.117. The van der Waals surface area contributed by atoms with Gasteiger partial charge in [0.1, 0.15) is 0 Å². The molecule has 0 heteroatoms. The minimum Gasteiger partial charge on any atom is -0.0651 e. The fourth-order valence-electron chi connectivity index (χ4n) is 3.14. The topological polar surface area (TPSA) is 0 Å². The summed E-state index contributed by atoms with van der Waals surface area (Å²) in [6.45, 7) is 12.1. The van der Waals surface area contributed by atoms with Crippen molar-refractivity contribution in [1.29, 1.82) is 0 Å². The summed E-state index contributed by atoms with van der Waals surface area (Å²) in [7, 11) is 0. The van der Waals surface area contributed by atoms with Crippen molar-refractivity contribution < 1.29 is 0 Å². The van der Waals surface area contributed by atoms with Crippen LogP contribution in [0.4, 0.5) is 0 Å². The summed E-state index contributed by atoms with van der Waals surface area (Å²) in [6, 6.07) is 0. The van der Waals surface area contributed by atoms with Gasteiger partial charge in [0.2, 0.25) is 0 Å². The lowest BCUT2D eigenvalue weighted by atomic mass is 9.67. The molecule has 1 fully saturated rings. The molecule has 0 heterocycles. The first-order valence-corrected chi connectivity index (χ1v) is 6.54. The van der Waals surface area contributed by atoms with Crippen molar-refractivity contribution in [2.24, 2.45) is 29.6 Å². The van der Waals surface area contributed by atoms with Crippen molar-refractivity contribution in [1.82, 2.24) is 0 Å². The average molecular weight is 196 g/mol. The Morgan fingerprint density at radius 1 is 1.14 bits per heavy atom. The summed E-state index contributed by atoms with van der Waals surface area (Å²) in [6.07, 6.45) is 5.76. The van der Waals surface area contributed by atoms with Crippen LogP contribution < -0.4 is 0 Å². The van der Waals surface area contributed by atoms with E-state index < -0.39 is 0 Å². The first kappa shape index (κ1) is 12.1. The van der Waals surface area contributed by atoms with Crippen molar-refractivity contribution in [2.45, 2.75) is 60.3 Å². The van der Waals surface area contributed by atoms with Gasteiger partial charge in [-0.05, 0) is 48.9 Å². The lowest BCUT2D eigenvalue weighted by Gasteiger charge is -2.39. The molecule has 1 aliphatic carbocycles. The molecule has 0 nitrogen and oxygen atoms in total. The highest BCUT2D eigenvalue weighted by atomic mass is 14.4. The Labute approximate surface area is 90.5 Å². The van der Waals surface area contributed by atoms with Gasteiger partial charge >= 0.3 is 0 Å². The molecular formula is C14H28. The predicted octanol–water partition coefficient (Wildman–Crippen LogP) is 4.74. The SMILES string of the molecule is CCC(C)CC1CC(C)CC(C)C1C. The maximum Gasteiger partial charge on any atom is -0.0381 e. The lowest BCUT2D eigenvalue weighted by Crippen LogP contribution is -2.29. The molecular weight excluding hydrogens is 168 g/mol. The van der Waals surface area contributed by atoms with Gasteiger partial charge in [0.05, 0.1) is 0 Å². The van der Waals surface area contributed by atoms with E-state index >= 15 is 0 Å². The third-order valence-electron chi connectivity index (χ3n) is 4.52. The Bertz CT molecular complexity index is 161. The van der Waals surface area contributed by atoms with E-state index in [0.29, 0.717) is 0 Å². The minimum absolute atomic E-state index is 0.931. The maximum atomic E-state index is 2.48. The highest BCUT2D eigenvalue weighted by molar-refractivity contribution is 4.81. The second-order valence-corrected chi connectivity index (χ2v) is 5.92. The second kappa shape index (κ2) is 5.19. The molecule has 0 spiro atoms. The molecule has 0 bridgehead atoms. The Hall–Kier alpha value is 0. The zero-order chi connectivity index (χ0) is 10.7. The van der Waals surface area contributed by atoms with Gasteiger partial charge in [0.15, 0.2) is 0 Å². The summed E-state index contributed by atoms with van der Waals surface area (Å²) in [5, 5.41) is 0. The third kappa shape index (κ3) is 3.00. The van der Waals surface area contributed by atoms with Gasteiger partial charge in [-0.15, -0.1) is 0 Å². The van der Waals surface area contributed by atoms with Crippen LogP contribution in [0.1, 0.15) is 60.3 Å². The van der Waals surface area contributed by atoms with Crippen LogP contribution in [0.3, 0.4) is 0 Å². The third-order valence-corrected chi connectivity index (χ3v) is 4.52. The summed E-state index contributed by atoms with van der Waals surface area (Å²) < 4.78 is 0. The first-order chi connectivity index (χ1) is 6.54. The summed E-state index contributed by atoms with van der Waals surface area (Å²) >= 11 is 0. The molecule has 1 saturated carbocycles. The molecule has 14 heavy (non-hydrogen) atoms. The van der Waals surface area contributed by atoms with Crippen molar-refractivity contribution in [3.8, 4) is 0 Å². The van der Waals surface area contributed by atoms with E-state index in [1.807, 2.05) is 0 Å². The van der Waals surface area contributed by atoms with Gasteiger partial charge in [0, 0.05) is 0 Å². The molecule has 0 aromatic heterocycles. The Morgan fingerprint density at radius 2 is 1.79 bits per heavy atom. The van der Waals surface area contributed by atoms with E-state index in [1.54, 1.807) is 0 Å². The zero-order valence-corrected chi connectivity index (χ0v) is 10.7. The Morgan fingerprint density at radius 3 is 2.36 bits per heavy atom. The van der Waals surface area contributed by atoms with Crippen LogP contribution in [-0.4, -0.2) is 0 Å². The van der Waals surface area contributed by atoms with E-state index in [0.717, 1.165) is 29.6 Å². The predicted molar refractivity (Wildman–Crippen MR) is 64.3 cm³/mol. The van der Waals surface area contributed by atoms with E-state index in [-0.39, 0.29) is 0 Å². The molecule has 0 N–H and O–H groups in total. The van der Waals surface area contributed by atoms with Gasteiger partial charge in [-0.3, -0.25) is 0 Å². The summed E-state index contributed by atoms with van der Waals surface area (Å²) in [4.78, 5) is 0. The highest BCUT2D eigenvalue weighted by Gasteiger charge is 2.31. The Balaban J connectivity index is 2.49.